The summed E-state index contributed by atoms with van der Waals surface area (Å²) >= 11 is 5.54. The molecule has 1 saturated carbocycles. The Morgan fingerprint density at radius 1 is 1.11 bits per heavy atom. The van der Waals surface area contributed by atoms with Gasteiger partial charge in [-0.25, -0.2) is 9.97 Å². The molecule has 0 aliphatic heterocycles. The fourth-order valence-corrected chi connectivity index (χ4v) is 2.45. The van der Waals surface area contributed by atoms with Gasteiger partial charge < -0.3 is 5.32 Å². The first-order chi connectivity index (χ1) is 8.95. The zero-order chi connectivity index (χ0) is 13.9. The van der Waals surface area contributed by atoms with Crippen LogP contribution in [-0.4, -0.2) is 16.0 Å². The molecule has 0 atom stereocenters. The zero-order valence-electron chi connectivity index (χ0n) is 10.3. The van der Waals surface area contributed by atoms with Gasteiger partial charge in [0.1, 0.15) is 5.82 Å². The van der Waals surface area contributed by atoms with E-state index in [1.807, 2.05) is 0 Å². The lowest BCUT2D eigenvalue weighted by Crippen LogP contribution is -2.20. The van der Waals surface area contributed by atoms with E-state index in [0.29, 0.717) is 0 Å². The highest BCUT2D eigenvalue weighted by molar-refractivity contribution is 6.28. The summed E-state index contributed by atoms with van der Waals surface area (Å²) in [4.78, 5) is 7.02. The summed E-state index contributed by atoms with van der Waals surface area (Å²) < 4.78 is 37.8. The van der Waals surface area contributed by atoms with Crippen LogP contribution in [0.15, 0.2) is 6.07 Å². The van der Waals surface area contributed by atoms with E-state index in [9.17, 15) is 13.2 Å². The number of nitrogens with one attached hydrogen (secondary N) is 1. The minimum Gasteiger partial charge on any atom is -0.367 e. The molecule has 7 heteroatoms. The van der Waals surface area contributed by atoms with E-state index in [-0.39, 0.29) is 17.1 Å². The highest BCUT2D eigenvalue weighted by Crippen LogP contribution is 2.30. The van der Waals surface area contributed by atoms with Crippen LogP contribution in [0, 0.1) is 0 Å². The maximum atomic E-state index is 12.6. The highest BCUT2D eigenvalue weighted by atomic mass is 35.5. The van der Waals surface area contributed by atoms with Gasteiger partial charge in [-0.05, 0) is 24.4 Å². The molecule has 106 valence electrons. The molecular weight excluding hydrogens is 279 g/mol. The van der Waals surface area contributed by atoms with Crippen LogP contribution in [0.4, 0.5) is 19.0 Å². The van der Waals surface area contributed by atoms with Crippen molar-refractivity contribution < 1.29 is 13.2 Å². The van der Waals surface area contributed by atoms with Crippen molar-refractivity contribution >= 4 is 17.4 Å². The summed E-state index contributed by atoms with van der Waals surface area (Å²) in [7, 11) is 0. The molecule has 0 radical (unpaired) electrons. The summed E-state index contributed by atoms with van der Waals surface area (Å²) in [6, 6.07) is 1.08. The number of nitrogens with zero attached hydrogens (tertiary/aromatic N) is 2. The SMILES string of the molecule is FC(F)(F)c1cc(NC2CCCCCC2)nc(Cl)n1. The van der Waals surface area contributed by atoms with Crippen LogP contribution in [0.2, 0.25) is 5.28 Å². The lowest BCUT2D eigenvalue weighted by atomic mass is 10.1. The predicted molar refractivity (Wildman–Crippen MR) is 67.2 cm³/mol. The topological polar surface area (TPSA) is 37.8 Å². The summed E-state index contributed by atoms with van der Waals surface area (Å²) in [6.45, 7) is 0. The Morgan fingerprint density at radius 2 is 1.74 bits per heavy atom. The molecule has 1 aromatic rings. The molecule has 0 bridgehead atoms. The number of hydrogen-bond donors (Lipinski definition) is 1. The van der Waals surface area contributed by atoms with Gasteiger partial charge in [-0.2, -0.15) is 13.2 Å². The molecule has 1 heterocycles. The second kappa shape index (κ2) is 5.94. The monoisotopic (exact) mass is 293 g/mol. The van der Waals surface area contributed by atoms with Gasteiger partial charge in [0.25, 0.3) is 0 Å². The van der Waals surface area contributed by atoms with Crippen LogP contribution in [0.25, 0.3) is 0 Å². The van der Waals surface area contributed by atoms with E-state index in [0.717, 1.165) is 31.7 Å². The fraction of sp³-hybridized carbons (Fsp3) is 0.667. The van der Waals surface area contributed by atoms with Gasteiger partial charge in [-0.3, -0.25) is 0 Å². The van der Waals surface area contributed by atoms with E-state index in [1.54, 1.807) is 0 Å². The minimum absolute atomic E-state index is 0.152. The Balaban J connectivity index is 2.13. The molecule has 1 aliphatic carbocycles. The van der Waals surface area contributed by atoms with Gasteiger partial charge in [-0.15, -0.1) is 0 Å². The molecular formula is C12H15ClF3N3. The molecule has 1 aliphatic rings. The van der Waals surface area contributed by atoms with Crippen molar-refractivity contribution in [3.8, 4) is 0 Å². The average molecular weight is 294 g/mol. The Labute approximate surface area is 114 Å². The van der Waals surface area contributed by atoms with Gasteiger partial charge in [-0.1, -0.05) is 25.7 Å². The van der Waals surface area contributed by atoms with Crippen LogP contribution < -0.4 is 5.32 Å². The van der Waals surface area contributed by atoms with Crippen molar-refractivity contribution in [3.63, 3.8) is 0 Å². The van der Waals surface area contributed by atoms with Gasteiger partial charge in [0.2, 0.25) is 5.28 Å². The van der Waals surface area contributed by atoms with Crippen LogP contribution in [0.1, 0.15) is 44.2 Å². The Hall–Kier alpha value is -1.04. The van der Waals surface area contributed by atoms with Crippen LogP contribution in [0.5, 0.6) is 0 Å². The molecule has 1 aromatic heterocycles. The van der Waals surface area contributed by atoms with Gasteiger partial charge in [0, 0.05) is 12.1 Å². The van der Waals surface area contributed by atoms with Crippen LogP contribution in [0.3, 0.4) is 0 Å². The molecule has 0 amide bonds. The third-order valence-electron chi connectivity index (χ3n) is 3.20. The first-order valence-corrected chi connectivity index (χ1v) is 6.71. The van der Waals surface area contributed by atoms with E-state index < -0.39 is 11.9 Å². The van der Waals surface area contributed by atoms with Crippen LogP contribution in [-0.2, 0) is 6.18 Å². The number of aromatic nitrogens is 2. The molecule has 2 rings (SSSR count). The second-order valence-electron chi connectivity index (χ2n) is 4.74. The van der Waals surface area contributed by atoms with Gasteiger partial charge >= 0.3 is 6.18 Å². The lowest BCUT2D eigenvalue weighted by molar-refractivity contribution is -0.141. The van der Waals surface area contributed by atoms with Crippen LogP contribution >= 0.6 is 11.6 Å². The first-order valence-electron chi connectivity index (χ1n) is 6.33. The van der Waals surface area contributed by atoms with Crippen molar-refractivity contribution in [2.75, 3.05) is 5.32 Å². The molecule has 3 nitrogen and oxygen atoms in total. The summed E-state index contributed by atoms with van der Waals surface area (Å²) in [5.41, 5.74) is -1.01. The molecule has 1 fully saturated rings. The lowest BCUT2D eigenvalue weighted by Gasteiger charge is -2.17. The summed E-state index contributed by atoms with van der Waals surface area (Å²) in [6.07, 6.45) is 1.91. The van der Waals surface area contributed by atoms with Crippen molar-refractivity contribution in [3.05, 3.63) is 17.0 Å². The summed E-state index contributed by atoms with van der Waals surface area (Å²) in [5.74, 6) is 0.152. The van der Waals surface area contributed by atoms with Gasteiger partial charge in [0.05, 0.1) is 0 Å². The van der Waals surface area contributed by atoms with E-state index in [2.05, 4.69) is 15.3 Å². The average Bonchev–Trinajstić information content (AvgIpc) is 2.55. The number of hydrogen-bond acceptors (Lipinski definition) is 3. The molecule has 0 saturated heterocycles. The molecule has 1 N–H and O–H groups in total. The third kappa shape index (κ3) is 4.23. The molecule has 0 aromatic carbocycles. The number of halogens is 4. The van der Waals surface area contributed by atoms with Crippen molar-refractivity contribution in [2.24, 2.45) is 0 Å². The largest absolute Gasteiger partial charge is 0.433 e. The number of alkyl halides is 3. The fourth-order valence-electron chi connectivity index (χ4n) is 2.27. The van der Waals surface area contributed by atoms with E-state index in [1.165, 1.54) is 12.8 Å². The normalized spacial score (nSPS) is 18.1. The van der Waals surface area contributed by atoms with E-state index in [4.69, 9.17) is 11.6 Å². The summed E-state index contributed by atoms with van der Waals surface area (Å²) in [5, 5.41) is 2.66. The quantitative estimate of drug-likeness (QED) is 0.653. The smallest absolute Gasteiger partial charge is 0.367 e. The Bertz CT molecular complexity index is 429. The number of anilines is 1. The first kappa shape index (κ1) is 14.4. The third-order valence-corrected chi connectivity index (χ3v) is 3.37. The van der Waals surface area contributed by atoms with Gasteiger partial charge in [0.15, 0.2) is 5.69 Å². The maximum absolute atomic E-state index is 12.6. The maximum Gasteiger partial charge on any atom is 0.433 e. The minimum atomic E-state index is -4.51. The molecule has 19 heavy (non-hydrogen) atoms. The molecule has 0 spiro atoms. The van der Waals surface area contributed by atoms with Crippen molar-refractivity contribution in [1.82, 2.24) is 9.97 Å². The molecule has 0 unspecified atom stereocenters. The Morgan fingerprint density at radius 3 is 2.32 bits per heavy atom. The predicted octanol–water partition coefficient (Wildman–Crippen LogP) is 4.28. The highest BCUT2D eigenvalue weighted by Gasteiger charge is 2.33. The van der Waals surface area contributed by atoms with Crippen molar-refractivity contribution in [2.45, 2.75) is 50.7 Å². The standard InChI is InChI=1S/C12H15ClF3N3/c13-11-18-9(12(14,15)16)7-10(19-11)17-8-5-3-1-2-4-6-8/h7-8H,1-6H2,(H,17,18,19). The Kier molecular flexibility index (Phi) is 4.50. The van der Waals surface area contributed by atoms with Crippen molar-refractivity contribution in [1.29, 1.82) is 0 Å². The second-order valence-corrected chi connectivity index (χ2v) is 5.08. The van der Waals surface area contributed by atoms with E-state index >= 15 is 0 Å². The zero-order valence-corrected chi connectivity index (χ0v) is 11.1. The number of rotatable bonds is 2.